The van der Waals surface area contributed by atoms with Crippen molar-refractivity contribution in [3.8, 4) is 0 Å². The van der Waals surface area contributed by atoms with Gasteiger partial charge >= 0.3 is 0 Å². The summed E-state index contributed by atoms with van der Waals surface area (Å²) >= 11 is 0. The molecule has 1 atom stereocenters. The zero-order chi connectivity index (χ0) is 14.1. The zero-order valence-corrected chi connectivity index (χ0v) is 12.4. The van der Waals surface area contributed by atoms with E-state index in [0.717, 1.165) is 25.9 Å². The van der Waals surface area contributed by atoms with Gasteiger partial charge in [0.05, 0.1) is 0 Å². The number of hydrogen-bond acceptors (Lipinski definition) is 4. The van der Waals surface area contributed by atoms with Crippen LogP contribution in [0.15, 0.2) is 17.2 Å². The van der Waals surface area contributed by atoms with Gasteiger partial charge < -0.3 is 14.8 Å². The average molecular weight is 276 g/mol. The van der Waals surface area contributed by atoms with Crippen LogP contribution in [0.2, 0.25) is 0 Å². The first-order valence-electron chi connectivity index (χ1n) is 7.70. The van der Waals surface area contributed by atoms with E-state index in [0.29, 0.717) is 23.8 Å². The Morgan fingerprint density at radius 3 is 2.85 bits per heavy atom. The van der Waals surface area contributed by atoms with Gasteiger partial charge in [-0.15, -0.1) is 0 Å². The molecule has 0 amide bonds. The second kappa shape index (κ2) is 5.56. The van der Waals surface area contributed by atoms with E-state index in [1.807, 2.05) is 4.57 Å². The van der Waals surface area contributed by atoms with Crippen molar-refractivity contribution in [3.05, 3.63) is 22.7 Å². The average Bonchev–Trinajstić information content (AvgIpc) is 3.15. The van der Waals surface area contributed by atoms with E-state index in [9.17, 15) is 4.79 Å². The third kappa shape index (κ3) is 2.87. The topological polar surface area (TPSA) is 50.2 Å². The first-order valence-corrected chi connectivity index (χ1v) is 7.70. The summed E-state index contributed by atoms with van der Waals surface area (Å²) in [5, 5.41) is 3.27. The Hall–Kier alpha value is -1.36. The predicted octanol–water partition coefficient (Wildman–Crippen LogP) is 1.72. The molecule has 0 spiro atoms. The van der Waals surface area contributed by atoms with Crippen molar-refractivity contribution >= 4 is 5.82 Å². The highest BCUT2D eigenvalue weighted by Crippen LogP contribution is 2.33. The highest BCUT2D eigenvalue weighted by Gasteiger charge is 2.26. The highest BCUT2D eigenvalue weighted by atomic mass is 16.1. The smallest absolute Gasteiger partial charge is 0.293 e. The molecule has 1 saturated heterocycles. The Morgan fingerprint density at radius 1 is 1.40 bits per heavy atom. The molecular weight excluding hydrogens is 252 g/mol. The molecule has 1 N–H and O–H groups in total. The lowest BCUT2D eigenvalue weighted by Gasteiger charge is -2.20. The molecule has 5 nitrogen and oxygen atoms in total. The molecule has 1 aliphatic heterocycles. The van der Waals surface area contributed by atoms with Crippen LogP contribution >= 0.6 is 0 Å². The normalized spacial score (nSPS) is 23.4. The third-order valence-electron chi connectivity index (χ3n) is 4.41. The van der Waals surface area contributed by atoms with Gasteiger partial charge in [-0.3, -0.25) is 4.79 Å². The van der Waals surface area contributed by atoms with Gasteiger partial charge in [0.15, 0.2) is 5.82 Å². The van der Waals surface area contributed by atoms with Crippen molar-refractivity contribution < 1.29 is 0 Å². The van der Waals surface area contributed by atoms with Gasteiger partial charge in [0, 0.05) is 37.6 Å². The minimum Gasteiger partial charge on any atom is -0.365 e. The molecule has 0 bridgehead atoms. The quantitative estimate of drug-likeness (QED) is 0.889. The lowest BCUT2D eigenvalue weighted by molar-refractivity contribution is 0.266. The molecule has 2 fully saturated rings. The lowest BCUT2D eigenvalue weighted by atomic mass is 10.1. The Morgan fingerprint density at radius 2 is 2.20 bits per heavy atom. The van der Waals surface area contributed by atoms with Crippen molar-refractivity contribution in [1.82, 2.24) is 14.5 Å². The van der Waals surface area contributed by atoms with Crippen molar-refractivity contribution in [2.75, 3.05) is 25.0 Å². The number of nitrogens with zero attached hydrogens (tertiary/aromatic N) is 3. The summed E-state index contributed by atoms with van der Waals surface area (Å²) < 4.78 is 1.82. The molecule has 2 aliphatic rings. The van der Waals surface area contributed by atoms with E-state index in [1.165, 1.54) is 13.0 Å². The van der Waals surface area contributed by atoms with Gasteiger partial charge in [0.2, 0.25) is 0 Å². The Labute approximate surface area is 120 Å². The Kier molecular flexibility index (Phi) is 3.78. The number of anilines is 1. The second-order valence-electron chi connectivity index (χ2n) is 6.34. The largest absolute Gasteiger partial charge is 0.365 e. The standard InChI is InChI=1S/C15H24N4O/c1-11(2)18-7-5-12(10-18)9-17-14-15(20)19(8-6-16-14)13-3-4-13/h6,8,11-13H,3-5,7,9-10H2,1-2H3,(H,16,17). The van der Waals surface area contributed by atoms with Crippen LogP contribution < -0.4 is 10.9 Å². The van der Waals surface area contributed by atoms with E-state index < -0.39 is 0 Å². The number of rotatable bonds is 5. The van der Waals surface area contributed by atoms with Crippen LogP contribution in [0.1, 0.15) is 39.2 Å². The van der Waals surface area contributed by atoms with E-state index in [1.54, 1.807) is 12.4 Å². The molecule has 5 heteroatoms. The second-order valence-corrected chi connectivity index (χ2v) is 6.34. The molecule has 1 aromatic heterocycles. The maximum absolute atomic E-state index is 12.3. The molecule has 2 heterocycles. The van der Waals surface area contributed by atoms with Gasteiger partial charge in [-0.1, -0.05) is 0 Å². The number of hydrogen-bond donors (Lipinski definition) is 1. The third-order valence-corrected chi connectivity index (χ3v) is 4.41. The molecule has 1 aromatic rings. The van der Waals surface area contributed by atoms with Gasteiger partial charge in [-0.25, -0.2) is 4.98 Å². The summed E-state index contributed by atoms with van der Waals surface area (Å²) in [6.45, 7) is 7.61. The zero-order valence-electron chi connectivity index (χ0n) is 12.4. The minimum absolute atomic E-state index is 0.0358. The summed E-state index contributed by atoms with van der Waals surface area (Å²) in [5.74, 6) is 1.13. The van der Waals surface area contributed by atoms with Crippen LogP contribution in [0.3, 0.4) is 0 Å². The first-order chi connectivity index (χ1) is 9.65. The first kappa shape index (κ1) is 13.6. The van der Waals surface area contributed by atoms with Crippen molar-refractivity contribution in [1.29, 1.82) is 0 Å². The SMILES string of the molecule is CC(C)N1CCC(CNc2nccn(C3CC3)c2=O)C1. The molecular formula is C15H24N4O. The van der Waals surface area contributed by atoms with Gasteiger partial charge in [0.1, 0.15) is 0 Å². The predicted molar refractivity (Wildman–Crippen MR) is 80.1 cm³/mol. The fourth-order valence-corrected chi connectivity index (χ4v) is 2.93. The molecule has 0 aromatic carbocycles. The molecule has 1 aliphatic carbocycles. The fraction of sp³-hybridized carbons (Fsp3) is 0.733. The van der Waals surface area contributed by atoms with Crippen molar-refractivity contribution in [2.24, 2.45) is 5.92 Å². The summed E-state index contributed by atoms with van der Waals surface area (Å²) in [6, 6.07) is 1.02. The van der Waals surface area contributed by atoms with Gasteiger partial charge in [-0.05, 0) is 45.6 Å². The monoisotopic (exact) mass is 276 g/mol. The van der Waals surface area contributed by atoms with Crippen LogP contribution in [0.5, 0.6) is 0 Å². The Bertz CT molecular complexity index is 521. The van der Waals surface area contributed by atoms with E-state index in [4.69, 9.17) is 0 Å². The van der Waals surface area contributed by atoms with Crippen LogP contribution in [0.25, 0.3) is 0 Å². The maximum atomic E-state index is 12.3. The molecule has 1 unspecified atom stereocenters. The number of aromatic nitrogens is 2. The van der Waals surface area contributed by atoms with Gasteiger partial charge in [-0.2, -0.15) is 0 Å². The fourth-order valence-electron chi connectivity index (χ4n) is 2.93. The minimum atomic E-state index is 0.0358. The van der Waals surface area contributed by atoms with Crippen LogP contribution in [0, 0.1) is 5.92 Å². The summed E-state index contributed by atoms with van der Waals surface area (Å²) in [5.41, 5.74) is 0.0358. The van der Waals surface area contributed by atoms with Crippen molar-refractivity contribution in [2.45, 2.75) is 45.2 Å². The summed E-state index contributed by atoms with van der Waals surface area (Å²) in [4.78, 5) is 19.0. The molecule has 3 rings (SSSR count). The molecule has 20 heavy (non-hydrogen) atoms. The highest BCUT2D eigenvalue weighted by molar-refractivity contribution is 5.31. The number of likely N-dealkylation sites (tertiary alicyclic amines) is 1. The number of nitrogens with one attached hydrogen (secondary N) is 1. The maximum Gasteiger partial charge on any atom is 0.293 e. The lowest BCUT2D eigenvalue weighted by Crippen LogP contribution is -2.30. The van der Waals surface area contributed by atoms with Crippen LogP contribution in [0.4, 0.5) is 5.82 Å². The molecule has 1 saturated carbocycles. The summed E-state index contributed by atoms with van der Waals surface area (Å²) in [6.07, 6.45) is 6.98. The van der Waals surface area contributed by atoms with Crippen LogP contribution in [-0.4, -0.2) is 40.1 Å². The molecule has 110 valence electrons. The molecule has 0 radical (unpaired) electrons. The van der Waals surface area contributed by atoms with Crippen molar-refractivity contribution in [3.63, 3.8) is 0 Å². The summed E-state index contributed by atoms with van der Waals surface area (Å²) in [7, 11) is 0. The van der Waals surface area contributed by atoms with Crippen LogP contribution in [-0.2, 0) is 0 Å². The van der Waals surface area contributed by atoms with Gasteiger partial charge in [0.25, 0.3) is 5.56 Å². The Balaban J connectivity index is 1.59. The van der Waals surface area contributed by atoms with E-state index in [-0.39, 0.29) is 5.56 Å². The van der Waals surface area contributed by atoms with E-state index >= 15 is 0 Å². The van der Waals surface area contributed by atoms with E-state index in [2.05, 4.69) is 29.0 Å².